The molecule has 4 aliphatic rings. The predicted molar refractivity (Wildman–Crippen MR) is 156 cm³/mol. The summed E-state index contributed by atoms with van der Waals surface area (Å²) in [5.41, 5.74) is -0.520. The summed E-state index contributed by atoms with van der Waals surface area (Å²) in [6.07, 6.45) is 1.08. The van der Waals surface area contributed by atoms with E-state index < -0.39 is 53.8 Å². The van der Waals surface area contributed by atoms with E-state index in [-0.39, 0.29) is 46.5 Å². The number of ether oxygens (including phenoxy) is 2. The molecule has 0 unspecified atom stereocenters. The second-order valence-electron chi connectivity index (χ2n) is 13.7. The summed E-state index contributed by atoms with van der Waals surface area (Å²) in [6.45, 7) is 1.71. The fourth-order valence-electron chi connectivity index (χ4n) is 8.15. The van der Waals surface area contributed by atoms with Crippen molar-refractivity contribution >= 4 is 17.8 Å². The molecule has 6 atom stereocenters. The van der Waals surface area contributed by atoms with Crippen LogP contribution in [0.1, 0.15) is 99.9 Å². The number of carbonyl (C=O) groups is 3. The number of hydrogen-bond donors (Lipinski definition) is 3. The van der Waals surface area contributed by atoms with E-state index in [0.29, 0.717) is 44.9 Å². The standard InChI is InChI=1S/C33H42F3N3O6/c1-32(31(42)43)11-9-22(10-12-32)45-25-15-23(26(44-2)14-21(25)17-37)29(40)39-28-19-8-7-18(13-19)27(28)30(41)38-24-6-4-3-5-20(24)16-33(34,35)36/h14-15,18-20,22,24,27-28H,3-13,16H2,1-2H3,(H,38,41)(H,39,40)(H,42,43)/t18-,19+,20+,22?,24+,27+,28-,32?/m1/s1. The van der Waals surface area contributed by atoms with Crippen molar-refractivity contribution < 1.29 is 42.1 Å². The quantitative estimate of drug-likeness (QED) is 0.315. The van der Waals surface area contributed by atoms with E-state index in [4.69, 9.17) is 9.47 Å². The van der Waals surface area contributed by atoms with Crippen LogP contribution in [0.3, 0.4) is 0 Å². The molecule has 0 heterocycles. The fraction of sp³-hybridized carbons (Fsp3) is 0.697. The van der Waals surface area contributed by atoms with Crippen LogP contribution in [0.4, 0.5) is 13.2 Å². The van der Waals surface area contributed by atoms with E-state index in [1.165, 1.54) is 19.2 Å². The molecule has 2 amide bonds. The third kappa shape index (κ3) is 7.17. The van der Waals surface area contributed by atoms with Gasteiger partial charge in [0.1, 0.15) is 17.6 Å². The third-order valence-electron chi connectivity index (χ3n) is 10.8. The van der Waals surface area contributed by atoms with Gasteiger partial charge in [-0.05, 0) is 88.5 Å². The van der Waals surface area contributed by atoms with Crippen LogP contribution in [-0.2, 0) is 9.59 Å². The number of rotatable bonds is 9. The van der Waals surface area contributed by atoms with Crippen LogP contribution in [0.25, 0.3) is 0 Å². The van der Waals surface area contributed by atoms with Crippen molar-refractivity contribution in [1.29, 1.82) is 5.26 Å². The van der Waals surface area contributed by atoms with Crippen molar-refractivity contribution in [3.63, 3.8) is 0 Å². The lowest BCUT2D eigenvalue weighted by Gasteiger charge is -2.36. The van der Waals surface area contributed by atoms with Gasteiger partial charge in [-0.25, -0.2) is 0 Å². The first-order valence-electron chi connectivity index (χ1n) is 16.0. The van der Waals surface area contributed by atoms with Crippen LogP contribution in [0.15, 0.2) is 12.1 Å². The number of carboxylic acids is 1. The van der Waals surface area contributed by atoms with Crippen LogP contribution in [0.2, 0.25) is 0 Å². The highest BCUT2D eigenvalue weighted by atomic mass is 19.4. The minimum Gasteiger partial charge on any atom is -0.496 e. The number of nitrogens with zero attached hydrogens (tertiary/aromatic N) is 1. The summed E-state index contributed by atoms with van der Waals surface area (Å²) >= 11 is 0. The average Bonchev–Trinajstić information content (AvgIpc) is 3.60. The van der Waals surface area contributed by atoms with Crippen LogP contribution >= 0.6 is 0 Å². The molecule has 0 aliphatic heterocycles. The first-order chi connectivity index (χ1) is 21.3. The molecular formula is C33H42F3N3O6. The molecule has 4 aliphatic carbocycles. The molecule has 0 spiro atoms. The van der Waals surface area contributed by atoms with Gasteiger partial charge in [0.05, 0.1) is 35.7 Å². The Hall–Kier alpha value is -3.49. The number of carbonyl (C=O) groups excluding carboxylic acids is 2. The number of benzene rings is 1. The maximum absolute atomic E-state index is 13.8. The lowest BCUT2D eigenvalue weighted by Crippen LogP contribution is -2.53. The Bertz CT molecular complexity index is 1340. The molecule has 1 aromatic carbocycles. The second kappa shape index (κ2) is 13.1. The minimum absolute atomic E-state index is 0.0366. The van der Waals surface area contributed by atoms with Gasteiger partial charge < -0.3 is 25.2 Å². The summed E-state index contributed by atoms with van der Waals surface area (Å²) in [5, 5.41) is 25.3. The van der Waals surface area contributed by atoms with Gasteiger partial charge in [0.25, 0.3) is 5.91 Å². The van der Waals surface area contributed by atoms with Crippen molar-refractivity contribution in [1.82, 2.24) is 10.6 Å². The van der Waals surface area contributed by atoms with Gasteiger partial charge in [0, 0.05) is 24.6 Å². The van der Waals surface area contributed by atoms with Crippen molar-refractivity contribution in [2.24, 2.45) is 29.1 Å². The third-order valence-corrected chi connectivity index (χ3v) is 10.8. The van der Waals surface area contributed by atoms with Crippen molar-refractivity contribution in [3.05, 3.63) is 23.3 Å². The number of methoxy groups -OCH3 is 1. The van der Waals surface area contributed by atoms with Crippen LogP contribution in [0, 0.1) is 40.4 Å². The van der Waals surface area contributed by atoms with Gasteiger partial charge in [-0.15, -0.1) is 0 Å². The monoisotopic (exact) mass is 633 g/mol. The number of nitriles is 1. The lowest BCUT2D eigenvalue weighted by atomic mass is 9.75. The first kappa shape index (κ1) is 32.9. The van der Waals surface area contributed by atoms with Gasteiger partial charge in [-0.2, -0.15) is 18.4 Å². The number of aliphatic carboxylic acids is 1. The van der Waals surface area contributed by atoms with E-state index >= 15 is 0 Å². The summed E-state index contributed by atoms with van der Waals surface area (Å²) < 4.78 is 51.4. The van der Waals surface area contributed by atoms with E-state index in [1.807, 2.05) is 0 Å². The van der Waals surface area contributed by atoms with E-state index in [9.17, 15) is 37.9 Å². The summed E-state index contributed by atoms with van der Waals surface area (Å²) in [4.78, 5) is 39.1. The van der Waals surface area contributed by atoms with E-state index in [0.717, 1.165) is 25.7 Å². The van der Waals surface area contributed by atoms with Gasteiger partial charge in [-0.1, -0.05) is 12.8 Å². The lowest BCUT2D eigenvalue weighted by molar-refractivity contribution is -0.151. The van der Waals surface area contributed by atoms with Gasteiger partial charge in [-0.3, -0.25) is 14.4 Å². The van der Waals surface area contributed by atoms with E-state index in [2.05, 4.69) is 16.7 Å². The summed E-state index contributed by atoms with van der Waals surface area (Å²) in [5.74, 6) is -2.38. The molecule has 1 aromatic rings. The van der Waals surface area contributed by atoms with Crippen molar-refractivity contribution in [2.75, 3.05) is 7.11 Å². The molecule has 0 saturated heterocycles. The average molecular weight is 634 g/mol. The Kier molecular flexibility index (Phi) is 9.57. The summed E-state index contributed by atoms with van der Waals surface area (Å²) in [7, 11) is 1.39. The Morgan fingerprint density at radius 3 is 2.36 bits per heavy atom. The molecule has 246 valence electrons. The highest BCUT2D eigenvalue weighted by Crippen LogP contribution is 2.49. The summed E-state index contributed by atoms with van der Waals surface area (Å²) in [6, 6.07) is 3.94. The molecule has 5 rings (SSSR count). The molecule has 0 aromatic heterocycles. The molecule has 45 heavy (non-hydrogen) atoms. The minimum atomic E-state index is -4.30. The number of amides is 2. The maximum Gasteiger partial charge on any atom is 0.389 e. The molecular weight excluding hydrogens is 591 g/mol. The Morgan fingerprint density at radius 1 is 1.02 bits per heavy atom. The largest absolute Gasteiger partial charge is 0.496 e. The number of fused-ring (bicyclic) bond motifs is 2. The van der Waals surface area contributed by atoms with Gasteiger partial charge in [0.15, 0.2) is 0 Å². The van der Waals surface area contributed by atoms with Gasteiger partial charge >= 0.3 is 12.1 Å². The van der Waals surface area contributed by atoms with E-state index in [1.54, 1.807) is 6.92 Å². The predicted octanol–water partition coefficient (Wildman–Crippen LogP) is 5.75. The van der Waals surface area contributed by atoms with Crippen LogP contribution < -0.4 is 20.1 Å². The van der Waals surface area contributed by atoms with Crippen molar-refractivity contribution in [3.8, 4) is 17.6 Å². The zero-order valence-electron chi connectivity index (χ0n) is 25.8. The van der Waals surface area contributed by atoms with Crippen LogP contribution in [-0.4, -0.2) is 54.4 Å². The number of alkyl halides is 3. The van der Waals surface area contributed by atoms with Crippen molar-refractivity contribution in [2.45, 2.75) is 108 Å². The van der Waals surface area contributed by atoms with Gasteiger partial charge in [0.2, 0.25) is 5.91 Å². The molecule has 2 bridgehead atoms. The molecule has 4 fully saturated rings. The maximum atomic E-state index is 13.8. The number of carboxylic acid groups (broad SMARTS) is 1. The zero-order valence-corrected chi connectivity index (χ0v) is 25.8. The topological polar surface area (TPSA) is 138 Å². The Balaban J connectivity index is 1.31. The molecule has 3 N–H and O–H groups in total. The SMILES string of the molecule is COc1cc(C#N)c(OC2CCC(C)(C(=O)O)CC2)cc1C(=O)N[C@@H]1[C@H]2CC[C@H](C2)[C@@H]1C(=O)N[C@H]1CCCC[C@H]1CC(F)(F)F. The molecule has 4 saturated carbocycles. The fourth-order valence-corrected chi connectivity index (χ4v) is 8.15. The zero-order chi connectivity index (χ0) is 32.5. The highest BCUT2D eigenvalue weighted by Gasteiger charge is 2.52. The Labute approximate surface area is 261 Å². The molecule has 12 heteroatoms. The normalized spacial score (nSPS) is 32.8. The van der Waals surface area contributed by atoms with Crippen LogP contribution in [0.5, 0.6) is 11.5 Å². The number of hydrogen-bond acceptors (Lipinski definition) is 6. The molecule has 0 radical (unpaired) electrons. The molecule has 9 nitrogen and oxygen atoms in total. The number of halogens is 3. The Morgan fingerprint density at radius 2 is 1.71 bits per heavy atom. The second-order valence-corrected chi connectivity index (χ2v) is 13.7. The number of nitrogens with one attached hydrogen (secondary N) is 2. The first-order valence-corrected chi connectivity index (χ1v) is 16.0. The smallest absolute Gasteiger partial charge is 0.389 e. The highest BCUT2D eigenvalue weighted by molar-refractivity contribution is 5.98.